The number of primary sulfonamides is 1. The lowest BCUT2D eigenvalue weighted by atomic mass is 9.95. The van der Waals surface area contributed by atoms with E-state index in [4.69, 9.17) is 16.6 Å². The van der Waals surface area contributed by atoms with Crippen LogP contribution in [0.3, 0.4) is 0 Å². The second-order valence-corrected chi connectivity index (χ2v) is 11.8. The highest BCUT2D eigenvalue weighted by Crippen LogP contribution is 2.41. The minimum absolute atomic E-state index is 0.333. The van der Waals surface area contributed by atoms with Crippen LogP contribution in [0.15, 0.2) is 24.7 Å². The minimum atomic E-state index is -3.17. The summed E-state index contributed by atoms with van der Waals surface area (Å²) in [5.74, 6) is 2.81. The number of fused-ring (bicyclic) bond motifs is 4. The molecule has 3 aromatic heterocycles. The maximum absolute atomic E-state index is 9.41. The van der Waals surface area contributed by atoms with E-state index in [1.165, 1.54) is 30.5 Å². The molecule has 3 aliphatic rings. The largest absolute Gasteiger partial charge is 0.363 e. The van der Waals surface area contributed by atoms with Gasteiger partial charge >= 0.3 is 0 Å². The molecule has 9 nitrogen and oxygen atoms in total. The van der Waals surface area contributed by atoms with Crippen LogP contribution in [-0.4, -0.2) is 53.7 Å². The molecule has 1 unspecified atom stereocenters. The van der Waals surface area contributed by atoms with Gasteiger partial charge in [-0.2, -0.15) is 0 Å². The van der Waals surface area contributed by atoms with Crippen molar-refractivity contribution in [2.24, 2.45) is 17.0 Å². The number of nitrogens with two attached hydrogens (primary N) is 1. The van der Waals surface area contributed by atoms with Crippen molar-refractivity contribution < 1.29 is 8.42 Å². The number of nitrogens with one attached hydrogen (secondary N) is 1. The van der Waals surface area contributed by atoms with Gasteiger partial charge in [-0.05, 0) is 50.2 Å². The number of aromatic nitrogens is 4. The van der Waals surface area contributed by atoms with E-state index in [2.05, 4.69) is 42.9 Å². The molecular weight excluding hydrogens is 474 g/mol. The van der Waals surface area contributed by atoms with Gasteiger partial charge in [0.05, 0.1) is 17.6 Å². The van der Waals surface area contributed by atoms with Gasteiger partial charge in [-0.15, -0.1) is 0 Å². The highest BCUT2D eigenvalue weighted by atomic mass is 35.5. The lowest BCUT2D eigenvalue weighted by molar-refractivity contribution is 0.417. The van der Waals surface area contributed by atoms with Crippen molar-refractivity contribution in [3.05, 3.63) is 41.1 Å². The molecule has 1 saturated carbocycles. The van der Waals surface area contributed by atoms with Gasteiger partial charge in [0, 0.05) is 49.2 Å². The number of piperidine rings is 1. The van der Waals surface area contributed by atoms with Gasteiger partial charge in [0.15, 0.2) is 0 Å². The van der Waals surface area contributed by atoms with Crippen molar-refractivity contribution in [3.63, 3.8) is 0 Å². The molecule has 0 aromatic carbocycles. The fourth-order valence-electron chi connectivity index (χ4n) is 5.70. The zero-order valence-corrected chi connectivity index (χ0v) is 21.0. The fraction of sp³-hybridized carbons (Fsp3) is 0.522. The standard InChI is InChI=1S/C22H25ClN6.CH5NO2S/c1-13-6-18-17(11-29(13)19-8-20(23)27-21-16(19)4-5-24-21)22(26-12-25-18)28-9-14-2-3-15(7-14)10-28;1-5(2,3)4/h4-5,8,12-15H,2-3,6-7,9-11H2,1H3,(H,24,27);1H3,(H2,2,3,4)/t13?,14-,15+;. The SMILES string of the molecule is CC1Cc2ncnc(N3C[C@@H]4CC[C@@H](C4)C3)c2CN1c1cc(Cl)nc2[nH]ccc12.CS(N)(=O)=O. The lowest BCUT2D eigenvalue weighted by Gasteiger charge is -2.40. The van der Waals surface area contributed by atoms with E-state index in [-0.39, 0.29) is 0 Å². The van der Waals surface area contributed by atoms with Gasteiger partial charge in [-0.1, -0.05) is 11.6 Å². The molecule has 34 heavy (non-hydrogen) atoms. The summed E-state index contributed by atoms with van der Waals surface area (Å²) in [5.41, 5.74) is 4.45. The molecule has 1 aliphatic carbocycles. The number of hydrogen-bond acceptors (Lipinski definition) is 7. The van der Waals surface area contributed by atoms with Crippen molar-refractivity contribution in [1.82, 2.24) is 19.9 Å². The van der Waals surface area contributed by atoms with E-state index in [9.17, 15) is 8.42 Å². The molecule has 0 amide bonds. The predicted molar refractivity (Wildman–Crippen MR) is 135 cm³/mol. The molecule has 0 spiro atoms. The summed E-state index contributed by atoms with van der Waals surface area (Å²) in [6.07, 6.45) is 9.69. The molecule has 1 saturated heterocycles. The molecule has 11 heteroatoms. The van der Waals surface area contributed by atoms with E-state index in [1.54, 1.807) is 6.33 Å². The Kier molecular flexibility index (Phi) is 6.16. The van der Waals surface area contributed by atoms with E-state index in [1.807, 2.05) is 12.3 Å². The van der Waals surface area contributed by atoms with Gasteiger partial charge in [0.25, 0.3) is 0 Å². The van der Waals surface area contributed by atoms with E-state index >= 15 is 0 Å². The topological polar surface area (TPSA) is 121 Å². The molecule has 3 aromatic rings. The van der Waals surface area contributed by atoms with Gasteiger partial charge in [-0.3, -0.25) is 0 Å². The molecule has 5 heterocycles. The first-order chi connectivity index (χ1) is 16.2. The first-order valence-corrected chi connectivity index (χ1v) is 13.9. The average molecular weight is 504 g/mol. The summed E-state index contributed by atoms with van der Waals surface area (Å²) in [7, 11) is -3.17. The van der Waals surface area contributed by atoms with Gasteiger partial charge in [0.2, 0.25) is 10.0 Å². The van der Waals surface area contributed by atoms with E-state index in [0.717, 1.165) is 66.7 Å². The van der Waals surface area contributed by atoms with Crippen LogP contribution in [0.5, 0.6) is 0 Å². The van der Waals surface area contributed by atoms with Crippen LogP contribution in [0.25, 0.3) is 11.0 Å². The zero-order chi connectivity index (χ0) is 24.0. The molecule has 182 valence electrons. The van der Waals surface area contributed by atoms with Crippen LogP contribution in [0.2, 0.25) is 5.15 Å². The maximum Gasteiger partial charge on any atom is 0.206 e. The van der Waals surface area contributed by atoms with E-state index < -0.39 is 10.0 Å². The second-order valence-electron chi connectivity index (χ2n) is 9.79. The smallest absolute Gasteiger partial charge is 0.206 e. The van der Waals surface area contributed by atoms with Crippen molar-refractivity contribution >= 4 is 44.2 Å². The molecule has 6 rings (SSSR count). The van der Waals surface area contributed by atoms with Crippen LogP contribution in [0.1, 0.15) is 37.4 Å². The zero-order valence-electron chi connectivity index (χ0n) is 19.4. The third-order valence-electron chi connectivity index (χ3n) is 7.05. The Hall–Kier alpha value is -2.43. The number of pyridine rings is 1. The van der Waals surface area contributed by atoms with Gasteiger partial charge in [-0.25, -0.2) is 28.5 Å². The molecule has 2 fully saturated rings. The van der Waals surface area contributed by atoms with E-state index in [0.29, 0.717) is 11.2 Å². The summed E-state index contributed by atoms with van der Waals surface area (Å²) in [6.45, 7) is 5.34. The number of anilines is 2. The summed E-state index contributed by atoms with van der Waals surface area (Å²) in [6, 6.07) is 4.41. The summed E-state index contributed by atoms with van der Waals surface area (Å²) >= 11 is 6.35. The first kappa shape index (κ1) is 23.3. The lowest BCUT2D eigenvalue weighted by Crippen LogP contribution is -2.42. The number of H-pyrrole nitrogens is 1. The average Bonchev–Trinajstić information content (AvgIpc) is 3.36. The number of aromatic amines is 1. The predicted octanol–water partition coefficient (Wildman–Crippen LogP) is 3.10. The van der Waals surface area contributed by atoms with Crippen LogP contribution >= 0.6 is 11.6 Å². The summed E-state index contributed by atoms with van der Waals surface area (Å²) < 4.78 is 18.8. The Morgan fingerprint density at radius 3 is 2.62 bits per heavy atom. The van der Waals surface area contributed by atoms with Crippen molar-refractivity contribution in [3.8, 4) is 0 Å². The Labute approximate surface area is 204 Å². The highest BCUT2D eigenvalue weighted by molar-refractivity contribution is 7.88. The third-order valence-corrected chi connectivity index (χ3v) is 7.25. The summed E-state index contributed by atoms with van der Waals surface area (Å²) in [5, 5.41) is 5.96. The molecular formula is C23H30ClN7O2S. The van der Waals surface area contributed by atoms with Crippen LogP contribution in [-0.2, 0) is 23.0 Å². The third kappa shape index (κ3) is 4.85. The molecule has 3 atom stereocenters. The molecule has 2 aliphatic heterocycles. The van der Waals surface area contributed by atoms with Gasteiger partial charge < -0.3 is 14.8 Å². The Balaban J connectivity index is 0.000000439. The van der Waals surface area contributed by atoms with Crippen molar-refractivity contribution in [2.75, 3.05) is 29.1 Å². The summed E-state index contributed by atoms with van der Waals surface area (Å²) in [4.78, 5) is 22.0. The maximum atomic E-state index is 9.41. The fourth-order valence-corrected chi connectivity index (χ4v) is 5.88. The monoisotopic (exact) mass is 503 g/mol. The quantitative estimate of drug-likeness (QED) is 0.515. The molecule has 3 N–H and O–H groups in total. The number of halogens is 1. The molecule has 2 bridgehead atoms. The number of rotatable bonds is 2. The number of hydrogen-bond donors (Lipinski definition) is 2. The Bertz CT molecular complexity index is 1290. The van der Waals surface area contributed by atoms with Crippen LogP contribution in [0, 0.1) is 11.8 Å². The van der Waals surface area contributed by atoms with Crippen molar-refractivity contribution in [2.45, 2.75) is 45.2 Å². The highest BCUT2D eigenvalue weighted by Gasteiger charge is 2.36. The Morgan fingerprint density at radius 1 is 1.21 bits per heavy atom. The normalized spacial score (nSPS) is 24.1. The second kappa shape index (κ2) is 8.98. The molecule has 0 radical (unpaired) electrons. The first-order valence-electron chi connectivity index (χ1n) is 11.6. The van der Waals surface area contributed by atoms with Crippen molar-refractivity contribution in [1.29, 1.82) is 0 Å². The Morgan fingerprint density at radius 2 is 1.91 bits per heavy atom. The van der Waals surface area contributed by atoms with Gasteiger partial charge in [0.1, 0.15) is 22.9 Å². The minimum Gasteiger partial charge on any atom is -0.363 e. The number of nitrogens with zero attached hydrogens (tertiary/aromatic N) is 5. The van der Waals surface area contributed by atoms with Crippen LogP contribution < -0.4 is 14.9 Å². The number of sulfonamides is 1. The van der Waals surface area contributed by atoms with Crippen LogP contribution in [0.4, 0.5) is 11.5 Å².